The van der Waals surface area contributed by atoms with Crippen LogP contribution in [-0.4, -0.2) is 95.9 Å². The molecule has 2 aliphatic heterocycles. The Morgan fingerprint density at radius 3 is 2.65 bits per heavy atom. The third kappa shape index (κ3) is 7.52. The van der Waals surface area contributed by atoms with E-state index in [9.17, 15) is 24.5 Å². The Balaban J connectivity index is 1.94. The highest BCUT2D eigenvalue weighted by Gasteiger charge is 2.47. The molecule has 0 aromatic carbocycles. The van der Waals surface area contributed by atoms with Crippen LogP contribution in [0.3, 0.4) is 0 Å². The topological polar surface area (TPSA) is 120 Å². The van der Waals surface area contributed by atoms with Crippen LogP contribution in [0.2, 0.25) is 0 Å². The number of alkyl halides is 1. The van der Waals surface area contributed by atoms with Crippen molar-refractivity contribution >= 4 is 17.7 Å². The molecule has 2 saturated heterocycles. The zero-order valence-corrected chi connectivity index (χ0v) is 19.5. The minimum absolute atomic E-state index is 0.0550. The lowest BCUT2D eigenvalue weighted by atomic mass is 9.86. The fraction of sp³-hybridized carbons (Fsp3) is 0.952. The van der Waals surface area contributed by atoms with E-state index in [1.807, 2.05) is 13.8 Å². The maximum Gasteiger partial charge on any atom is 0.237 e. The molecule has 0 saturated carbocycles. The van der Waals surface area contributed by atoms with Crippen LogP contribution in [0, 0.1) is 11.8 Å². The molecule has 182 valence electrons. The maximum atomic E-state index is 13.0. The van der Waals surface area contributed by atoms with Gasteiger partial charge >= 0.3 is 0 Å². The minimum atomic E-state index is -1.34. The Kier molecular flexibility index (Phi) is 11.5. The van der Waals surface area contributed by atoms with Crippen molar-refractivity contribution in [3.8, 4) is 0 Å². The number of aliphatic hydroxyl groups is 3. The third-order valence-electron chi connectivity index (χ3n) is 6.17. The molecule has 8 atom stereocenters. The van der Waals surface area contributed by atoms with E-state index in [0.29, 0.717) is 18.9 Å². The van der Waals surface area contributed by atoms with Crippen LogP contribution >= 0.6 is 11.8 Å². The highest BCUT2D eigenvalue weighted by atomic mass is 32.2. The summed E-state index contributed by atoms with van der Waals surface area (Å²) < 4.78 is 23.2. The summed E-state index contributed by atoms with van der Waals surface area (Å²) in [5.41, 5.74) is -0.682. The van der Waals surface area contributed by atoms with Crippen LogP contribution in [0.25, 0.3) is 0 Å². The standard InChI is InChI=1S/C21H39FN2O6S/c1-12(2)15(19-17(26)16(25)18(27)21(30-19)31-3)24-20(28)14-11-13(6-8-23-14)5-4-9-29-10-7-22/h12-19,21,23,25-27H,4-11H2,1-3H3,(H,24,28). The summed E-state index contributed by atoms with van der Waals surface area (Å²) >= 11 is 1.25. The van der Waals surface area contributed by atoms with Gasteiger partial charge in [-0.2, -0.15) is 0 Å². The first-order valence-electron chi connectivity index (χ1n) is 11.2. The van der Waals surface area contributed by atoms with E-state index >= 15 is 0 Å². The molecule has 10 heteroatoms. The smallest absolute Gasteiger partial charge is 0.237 e. The SMILES string of the molecule is CSC1OC(C(NC(=O)C2CC(CCCOCCF)CCN2)C(C)C)C(O)C(O)C1O. The van der Waals surface area contributed by atoms with E-state index in [1.54, 1.807) is 6.26 Å². The average Bonchev–Trinajstić information content (AvgIpc) is 2.76. The second-order valence-corrected chi connectivity index (χ2v) is 9.73. The summed E-state index contributed by atoms with van der Waals surface area (Å²) in [6.45, 7) is 4.76. The predicted octanol–water partition coefficient (Wildman–Crippen LogP) is 0.432. The molecule has 0 aromatic heterocycles. The van der Waals surface area contributed by atoms with E-state index < -0.39 is 42.6 Å². The van der Waals surface area contributed by atoms with Crippen molar-refractivity contribution in [3.63, 3.8) is 0 Å². The van der Waals surface area contributed by atoms with Crippen molar-refractivity contribution in [3.05, 3.63) is 0 Å². The Bertz CT molecular complexity index is 544. The molecule has 5 N–H and O–H groups in total. The number of ether oxygens (including phenoxy) is 2. The summed E-state index contributed by atoms with van der Waals surface area (Å²) in [6.07, 6.45) is 0.529. The third-order valence-corrected chi connectivity index (χ3v) is 7.03. The lowest BCUT2D eigenvalue weighted by Crippen LogP contribution is -2.65. The van der Waals surface area contributed by atoms with Crippen molar-refractivity contribution < 1.29 is 34.0 Å². The molecule has 1 amide bonds. The molecule has 8 nitrogen and oxygen atoms in total. The second kappa shape index (κ2) is 13.3. The normalized spacial score (nSPS) is 35.2. The highest BCUT2D eigenvalue weighted by Crippen LogP contribution is 2.30. The molecule has 0 aliphatic carbocycles. The Morgan fingerprint density at radius 1 is 1.26 bits per heavy atom. The molecule has 0 spiro atoms. The molecule has 2 heterocycles. The van der Waals surface area contributed by atoms with Crippen molar-refractivity contribution in [1.82, 2.24) is 10.6 Å². The first-order valence-corrected chi connectivity index (χ1v) is 12.5. The van der Waals surface area contributed by atoms with Crippen LogP contribution in [0.4, 0.5) is 4.39 Å². The number of halogens is 1. The van der Waals surface area contributed by atoms with Crippen molar-refractivity contribution in [2.45, 2.75) is 81.5 Å². The molecule has 2 rings (SSSR count). The Morgan fingerprint density at radius 2 is 2.00 bits per heavy atom. The monoisotopic (exact) mass is 466 g/mol. The maximum absolute atomic E-state index is 13.0. The van der Waals surface area contributed by atoms with Gasteiger partial charge in [0.2, 0.25) is 5.91 Å². The number of amides is 1. The highest BCUT2D eigenvalue weighted by molar-refractivity contribution is 7.99. The number of rotatable bonds is 11. The molecule has 31 heavy (non-hydrogen) atoms. The van der Waals surface area contributed by atoms with E-state index in [-0.39, 0.29) is 24.5 Å². The zero-order valence-electron chi connectivity index (χ0n) is 18.7. The van der Waals surface area contributed by atoms with Gasteiger partial charge in [0.25, 0.3) is 0 Å². The fourth-order valence-corrected chi connectivity index (χ4v) is 5.03. The number of hydrogen-bond acceptors (Lipinski definition) is 8. The summed E-state index contributed by atoms with van der Waals surface area (Å²) in [5, 5.41) is 37.2. The van der Waals surface area contributed by atoms with Gasteiger partial charge in [-0.3, -0.25) is 4.79 Å². The number of nitrogens with one attached hydrogen (secondary N) is 2. The van der Waals surface area contributed by atoms with Crippen LogP contribution in [-0.2, 0) is 14.3 Å². The van der Waals surface area contributed by atoms with Crippen molar-refractivity contribution in [2.75, 3.05) is 32.7 Å². The van der Waals surface area contributed by atoms with Crippen LogP contribution in [0.1, 0.15) is 39.5 Å². The number of hydrogen-bond donors (Lipinski definition) is 5. The van der Waals surface area contributed by atoms with Gasteiger partial charge < -0.3 is 35.4 Å². The first-order chi connectivity index (χ1) is 14.8. The summed E-state index contributed by atoms with van der Waals surface area (Å²) in [6, 6.07) is -0.866. The summed E-state index contributed by atoms with van der Waals surface area (Å²) in [4.78, 5) is 13.0. The lowest BCUT2D eigenvalue weighted by molar-refractivity contribution is -0.208. The molecule has 0 aromatic rings. The van der Waals surface area contributed by atoms with Crippen molar-refractivity contribution in [2.24, 2.45) is 11.8 Å². The van der Waals surface area contributed by atoms with Gasteiger partial charge in [0.05, 0.1) is 18.7 Å². The van der Waals surface area contributed by atoms with Crippen molar-refractivity contribution in [1.29, 1.82) is 0 Å². The van der Waals surface area contributed by atoms with Crippen LogP contribution < -0.4 is 10.6 Å². The average molecular weight is 467 g/mol. The first kappa shape index (κ1) is 26.8. The van der Waals surface area contributed by atoms with Gasteiger partial charge in [0, 0.05) is 6.61 Å². The Labute approximate surface area is 188 Å². The zero-order chi connectivity index (χ0) is 23.0. The van der Waals surface area contributed by atoms with E-state index in [1.165, 1.54) is 11.8 Å². The molecule has 0 radical (unpaired) electrons. The van der Waals surface area contributed by atoms with E-state index in [0.717, 1.165) is 25.8 Å². The molecule has 0 bridgehead atoms. The van der Waals surface area contributed by atoms with Gasteiger partial charge in [-0.05, 0) is 50.3 Å². The van der Waals surface area contributed by atoms with Gasteiger partial charge in [0.15, 0.2) is 0 Å². The molecular weight excluding hydrogens is 427 g/mol. The van der Waals surface area contributed by atoms with Gasteiger partial charge in [-0.15, -0.1) is 11.8 Å². The fourth-order valence-electron chi connectivity index (χ4n) is 4.35. The number of aliphatic hydroxyl groups excluding tert-OH is 3. The number of piperidine rings is 1. The predicted molar refractivity (Wildman–Crippen MR) is 118 cm³/mol. The lowest BCUT2D eigenvalue weighted by Gasteiger charge is -2.44. The minimum Gasteiger partial charge on any atom is -0.388 e. The summed E-state index contributed by atoms with van der Waals surface area (Å²) in [7, 11) is 0. The molecular formula is C21H39FN2O6S. The van der Waals surface area contributed by atoms with Crippen LogP contribution in [0.5, 0.6) is 0 Å². The van der Waals surface area contributed by atoms with Gasteiger partial charge in [-0.25, -0.2) is 4.39 Å². The molecule has 2 aliphatic rings. The number of thioether (sulfide) groups is 1. The Hall–Kier alpha value is -0.490. The second-order valence-electron chi connectivity index (χ2n) is 8.80. The number of carbonyl (C=O) groups is 1. The van der Waals surface area contributed by atoms with E-state index in [2.05, 4.69) is 10.6 Å². The van der Waals surface area contributed by atoms with Crippen LogP contribution in [0.15, 0.2) is 0 Å². The van der Waals surface area contributed by atoms with Gasteiger partial charge in [0.1, 0.15) is 36.5 Å². The van der Waals surface area contributed by atoms with Gasteiger partial charge in [-0.1, -0.05) is 13.8 Å². The van der Waals surface area contributed by atoms with E-state index in [4.69, 9.17) is 9.47 Å². The summed E-state index contributed by atoms with van der Waals surface area (Å²) in [5.74, 6) is 0.174. The molecule has 2 fully saturated rings. The largest absolute Gasteiger partial charge is 0.388 e. The quantitative estimate of drug-likeness (QED) is 0.278. The molecule has 8 unspecified atom stereocenters. The number of carbonyl (C=O) groups excluding carboxylic acids is 1.